The summed E-state index contributed by atoms with van der Waals surface area (Å²) in [4.78, 5) is 4.61. The molecule has 0 N–H and O–H groups in total. The highest BCUT2D eigenvalue weighted by molar-refractivity contribution is 5.93. The van der Waals surface area contributed by atoms with E-state index in [1.807, 2.05) is 12.2 Å². The minimum atomic E-state index is 0.852. The fourth-order valence-corrected chi connectivity index (χ4v) is 0.823. The first-order valence-corrected chi connectivity index (χ1v) is 3.18. The molecule has 0 unspecified atom stereocenters. The molecule has 10 heavy (non-hydrogen) atoms. The van der Waals surface area contributed by atoms with Crippen LogP contribution in [-0.2, 0) is 4.84 Å². The highest BCUT2D eigenvalue weighted by Crippen LogP contribution is 2.07. The molecule has 0 aliphatic heterocycles. The van der Waals surface area contributed by atoms with Crippen LogP contribution in [0.25, 0.3) is 0 Å². The van der Waals surface area contributed by atoms with Gasteiger partial charge >= 0.3 is 0 Å². The van der Waals surface area contributed by atoms with Gasteiger partial charge in [-0.3, -0.25) is 0 Å². The summed E-state index contributed by atoms with van der Waals surface area (Å²) in [5.41, 5.74) is 2.15. The summed E-state index contributed by atoms with van der Waals surface area (Å²) in [6.45, 7) is 2.06. The van der Waals surface area contributed by atoms with Crippen LogP contribution in [-0.4, -0.2) is 12.8 Å². The van der Waals surface area contributed by atoms with E-state index in [1.54, 1.807) is 7.11 Å². The van der Waals surface area contributed by atoms with Gasteiger partial charge in [0.2, 0.25) is 0 Å². The summed E-state index contributed by atoms with van der Waals surface area (Å²) in [5, 5.41) is 3.77. The summed E-state index contributed by atoms with van der Waals surface area (Å²) in [6.07, 6.45) is 7.71. The molecule has 1 aliphatic rings. The van der Waals surface area contributed by atoms with Crippen LogP contribution < -0.4 is 0 Å². The fourth-order valence-electron chi connectivity index (χ4n) is 0.823. The number of hydrogen-bond donors (Lipinski definition) is 0. The fraction of sp³-hybridized carbons (Fsp3) is 0.375. The van der Waals surface area contributed by atoms with E-state index in [2.05, 4.69) is 23.0 Å². The van der Waals surface area contributed by atoms with Gasteiger partial charge in [-0.15, -0.1) is 0 Å². The molecule has 0 aromatic rings. The molecule has 1 radical (unpaired) electrons. The Morgan fingerprint density at radius 1 is 1.70 bits per heavy atom. The number of oxime groups is 1. The zero-order valence-corrected chi connectivity index (χ0v) is 6.22. The van der Waals surface area contributed by atoms with E-state index < -0.39 is 0 Å². The van der Waals surface area contributed by atoms with Gasteiger partial charge in [-0.2, -0.15) is 0 Å². The number of allylic oxidation sites excluding steroid dienone is 4. The zero-order chi connectivity index (χ0) is 7.40. The van der Waals surface area contributed by atoms with E-state index in [0.717, 1.165) is 12.1 Å². The normalized spacial score (nSPS) is 21.0. The number of nitrogens with zero attached hydrogens (tertiary/aromatic N) is 1. The van der Waals surface area contributed by atoms with E-state index in [9.17, 15) is 0 Å². The van der Waals surface area contributed by atoms with Gasteiger partial charge in [0, 0.05) is 12.5 Å². The Kier molecular flexibility index (Phi) is 2.26. The molecule has 0 heterocycles. The molecule has 0 spiro atoms. The van der Waals surface area contributed by atoms with Crippen molar-refractivity contribution < 1.29 is 4.84 Å². The summed E-state index contributed by atoms with van der Waals surface area (Å²) in [6, 6.07) is 0. The van der Waals surface area contributed by atoms with Gasteiger partial charge in [-0.25, -0.2) is 0 Å². The molecular weight excluding hydrogens is 126 g/mol. The zero-order valence-electron chi connectivity index (χ0n) is 6.22. The first-order chi connectivity index (χ1) is 4.83. The molecule has 0 bridgehead atoms. The minimum absolute atomic E-state index is 0.852. The molecule has 1 aliphatic carbocycles. The molecule has 0 fully saturated rings. The third-order valence-corrected chi connectivity index (χ3v) is 1.27. The summed E-state index contributed by atoms with van der Waals surface area (Å²) < 4.78 is 0. The maximum absolute atomic E-state index is 4.61. The van der Waals surface area contributed by atoms with E-state index in [0.29, 0.717) is 0 Å². The van der Waals surface area contributed by atoms with Crippen LogP contribution in [0.3, 0.4) is 0 Å². The molecule has 53 valence electrons. The van der Waals surface area contributed by atoms with Crippen molar-refractivity contribution in [3.05, 3.63) is 23.8 Å². The monoisotopic (exact) mass is 136 g/mol. The number of rotatable bonds is 1. The lowest BCUT2D eigenvalue weighted by Gasteiger charge is -2.03. The van der Waals surface area contributed by atoms with Crippen molar-refractivity contribution in [1.82, 2.24) is 0 Å². The summed E-state index contributed by atoms with van der Waals surface area (Å²) >= 11 is 0. The SMILES string of the molecule is CON=C1[C]=CC=C(C)C1. The molecule has 2 nitrogen and oxygen atoms in total. The third-order valence-electron chi connectivity index (χ3n) is 1.27. The topological polar surface area (TPSA) is 21.6 Å². The van der Waals surface area contributed by atoms with Crippen molar-refractivity contribution in [1.29, 1.82) is 0 Å². The Labute approximate surface area is 60.9 Å². The van der Waals surface area contributed by atoms with Crippen molar-refractivity contribution in [2.45, 2.75) is 13.3 Å². The van der Waals surface area contributed by atoms with Crippen LogP contribution in [0.1, 0.15) is 13.3 Å². The van der Waals surface area contributed by atoms with Gasteiger partial charge in [0.1, 0.15) is 7.11 Å². The predicted octanol–water partition coefficient (Wildman–Crippen LogP) is 1.70. The van der Waals surface area contributed by atoms with Crippen LogP contribution in [0.2, 0.25) is 0 Å². The molecule has 1 rings (SSSR count). The second kappa shape index (κ2) is 3.20. The lowest BCUT2D eigenvalue weighted by Crippen LogP contribution is -1.99. The van der Waals surface area contributed by atoms with Gasteiger partial charge in [0.15, 0.2) is 0 Å². The third kappa shape index (κ3) is 1.72. The summed E-state index contributed by atoms with van der Waals surface area (Å²) in [7, 11) is 1.54. The minimum Gasteiger partial charge on any atom is -0.399 e. The van der Waals surface area contributed by atoms with E-state index in [-0.39, 0.29) is 0 Å². The Morgan fingerprint density at radius 2 is 2.50 bits per heavy atom. The molecule has 0 saturated heterocycles. The molecule has 2 heteroatoms. The van der Waals surface area contributed by atoms with Crippen LogP contribution >= 0.6 is 0 Å². The molecule has 0 atom stereocenters. The van der Waals surface area contributed by atoms with Crippen LogP contribution in [0.5, 0.6) is 0 Å². The molecule has 0 aromatic carbocycles. The molecular formula is C8H10NO. The average molecular weight is 136 g/mol. The maximum Gasteiger partial charge on any atom is 0.106 e. The van der Waals surface area contributed by atoms with Gasteiger partial charge in [-0.05, 0) is 6.92 Å². The number of hydrogen-bond acceptors (Lipinski definition) is 2. The lowest BCUT2D eigenvalue weighted by molar-refractivity contribution is 0.213. The average Bonchev–Trinajstić information content (AvgIpc) is 1.88. The van der Waals surface area contributed by atoms with Crippen molar-refractivity contribution in [2.75, 3.05) is 7.11 Å². The van der Waals surface area contributed by atoms with Crippen molar-refractivity contribution in [2.24, 2.45) is 5.16 Å². The molecule has 0 aromatic heterocycles. The molecule has 0 amide bonds. The van der Waals surface area contributed by atoms with Gasteiger partial charge in [0.25, 0.3) is 0 Å². The smallest absolute Gasteiger partial charge is 0.106 e. The van der Waals surface area contributed by atoms with Crippen molar-refractivity contribution >= 4 is 5.71 Å². The van der Waals surface area contributed by atoms with Crippen molar-refractivity contribution in [3.63, 3.8) is 0 Å². The maximum atomic E-state index is 4.61. The van der Waals surface area contributed by atoms with Crippen LogP contribution in [0, 0.1) is 6.08 Å². The first-order valence-electron chi connectivity index (χ1n) is 3.18. The lowest BCUT2D eigenvalue weighted by atomic mass is 10.1. The second-order valence-corrected chi connectivity index (χ2v) is 2.22. The van der Waals surface area contributed by atoms with Gasteiger partial charge in [-0.1, -0.05) is 22.9 Å². The second-order valence-electron chi connectivity index (χ2n) is 2.22. The quantitative estimate of drug-likeness (QED) is 0.503. The highest BCUT2D eigenvalue weighted by atomic mass is 16.6. The Morgan fingerprint density at radius 3 is 3.10 bits per heavy atom. The largest absolute Gasteiger partial charge is 0.399 e. The van der Waals surface area contributed by atoms with E-state index in [1.165, 1.54) is 5.57 Å². The van der Waals surface area contributed by atoms with Crippen LogP contribution in [0.4, 0.5) is 0 Å². The Hall–Kier alpha value is -1.05. The van der Waals surface area contributed by atoms with Crippen molar-refractivity contribution in [3.8, 4) is 0 Å². The Balaban J connectivity index is 2.64. The summed E-state index contributed by atoms with van der Waals surface area (Å²) in [5.74, 6) is 0. The molecule has 0 saturated carbocycles. The van der Waals surface area contributed by atoms with Gasteiger partial charge < -0.3 is 4.84 Å². The standard InChI is InChI=1S/C8H10NO/c1-7-4-3-5-8(6-7)9-10-2/h3-4H,6H2,1-2H3. The van der Waals surface area contributed by atoms with E-state index in [4.69, 9.17) is 0 Å². The Bertz CT molecular complexity index is 199. The van der Waals surface area contributed by atoms with Gasteiger partial charge in [0.05, 0.1) is 5.71 Å². The first kappa shape index (κ1) is 7.06. The van der Waals surface area contributed by atoms with Crippen LogP contribution in [0.15, 0.2) is 22.9 Å². The highest BCUT2D eigenvalue weighted by Gasteiger charge is 2.00. The predicted molar refractivity (Wildman–Crippen MR) is 40.6 cm³/mol. The van der Waals surface area contributed by atoms with E-state index >= 15 is 0 Å².